The fraction of sp³-hybridized carbons (Fsp3) is 0.0952. The highest BCUT2D eigenvalue weighted by atomic mass is 35.5. The number of ether oxygens (including phenoxy) is 1. The predicted octanol–water partition coefficient (Wildman–Crippen LogP) is 3.74. The number of nitrogens with one attached hydrogen (secondary N) is 1. The lowest BCUT2D eigenvalue weighted by atomic mass is 9.94. The number of hydrogen-bond acceptors (Lipinski definition) is 4. The first-order chi connectivity index (χ1) is 13.5. The Balaban J connectivity index is 1.63. The van der Waals surface area contributed by atoms with E-state index in [0.29, 0.717) is 33.0 Å². The molecule has 0 saturated heterocycles. The monoisotopic (exact) mass is 394 g/mol. The van der Waals surface area contributed by atoms with Gasteiger partial charge < -0.3 is 10.1 Å². The Morgan fingerprint density at radius 3 is 2.29 bits per heavy atom. The molecule has 1 heterocycles. The first kappa shape index (κ1) is 18.0. The van der Waals surface area contributed by atoms with Gasteiger partial charge in [0.05, 0.1) is 12.8 Å². The summed E-state index contributed by atoms with van der Waals surface area (Å²) in [6.45, 7) is -0.419. The Morgan fingerprint density at radius 1 is 1.04 bits per heavy atom. The van der Waals surface area contributed by atoms with E-state index in [1.165, 1.54) is 13.2 Å². The molecule has 4 rings (SSSR count). The minimum absolute atomic E-state index is 0.361. The number of methoxy groups -OCH3 is 1. The molecule has 0 bridgehead atoms. The van der Waals surface area contributed by atoms with Crippen molar-refractivity contribution in [1.29, 1.82) is 0 Å². The highest BCUT2D eigenvalue weighted by Crippen LogP contribution is 2.30. The van der Waals surface area contributed by atoms with E-state index < -0.39 is 24.3 Å². The van der Waals surface area contributed by atoms with Crippen LogP contribution in [0.1, 0.15) is 20.7 Å². The van der Waals surface area contributed by atoms with Crippen molar-refractivity contribution in [3.8, 4) is 5.75 Å². The van der Waals surface area contributed by atoms with Gasteiger partial charge in [0.1, 0.15) is 12.3 Å². The third-order valence-corrected chi connectivity index (χ3v) is 4.83. The molecule has 3 amide bonds. The molecular formula is C21H15ClN2O4. The van der Waals surface area contributed by atoms with Crippen LogP contribution in [0.15, 0.2) is 54.6 Å². The van der Waals surface area contributed by atoms with Gasteiger partial charge in [0.25, 0.3) is 11.8 Å². The fourth-order valence-electron chi connectivity index (χ4n) is 3.34. The number of amides is 3. The average molecular weight is 395 g/mol. The SMILES string of the molecule is COc1ccc(Cl)cc1NC(=O)CN1C(=O)c2cccc3cccc(c23)C1=O. The van der Waals surface area contributed by atoms with Crippen LogP contribution in [0.25, 0.3) is 10.8 Å². The summed E-state index contributed by atoms with van der Waals surface area (Å²) in [5.74, 6) is -1.11. The van der Waals surface area contributed by atoms with E-state index in [9.17, 15) is 14.4 Å². The molecule has 28 heavy (non-hydrogen) atoms. The molecule has 140 valence electrons. The summed E-state index contributed by atoms with van der Waals surface area (Å²) in [6, 6.07) is 15.3. The van der Waals surface area contributed by atoms with E-state index in [4.69, 9.17) is 16.3 Å². The Hall–Kier alpha value is -3.38. The number of imide groups is 1. The van der Waals surface area contributed by atoms with Crippen molar-refractivity contribution in [1.82, 2.24) is 4.90 Å². The first-order valence-corrected chi connectivity index (χ1v) is 8.88. The Morgan fingerprint density at radius 2 is 1.68 bits per heavy atom. The van der Waals surface area contributed by atoms with Gasteiger partial charge in [0, 0.05) is 21.5 Å². The standard InChI is InChI=1S/C21H15ClN2O4/c1-28-17-9-8-13(22)10-16(17)23-18(25)11-24-20(26)14-6-2-4-12-5-3-7-15(19(12)14)21(24)27/h2-10H,11H2,1H3,(H,23,25). The minimum Gasteiger partial charge on any atom is -0.495 e. The van der Waals surface area contributed by atoms with Crippen molar-refractivity contribution in [2.45, 2.75) is 0 Å². The molecule has 0 spiro atoms. The molecule has 1 N–H and O–H groups in total. The molecule has 1 aliphatic rings. The summed E-state index contributed by atoms with van der Waals surface area (Å²) in [5.41, 5.74) is 1.17. The van der Waals surface area contributed by atoms with Gasteiger partial charge in [-0.25, -0.2) is 0 Å². The maximum atomic E-state index is 12.9. The van der Waals surface area contributed by atoms with Crippen LogP contribution in [0.2, 0.25) is 5.02 Å². The normalized spacial score (nSPS) is 13.0. The lowest BCUT2D eigenvalue weighted by molar-refractivity contribution is -0.116. The quantitative estimate of drug-likeness (QED) is 0.684. The van der Waals surface area contributed by atoms with Gasteiger partial charge in [-0.3, -0.25) is 19.3 Å². The first-order valence-electron chi connectivity index (χ1n) is 8.51. The molecule has 3 aromatic carbocycles. The molecule has 0 atom stereocenters. The zero-order valence-electron chi connectivity index (χ0n) is 14.9. The maximum Gasteiger partial charge on any atom is 0.261 e. The van der Waals surface area contributed by atoms with Crippen LogP contribution in [0.4, 0.5) is 5.69 Å². The number of anilines is 1. The van der Waals surface area contributed by atoms with Crippen molar-refractivity contribution in [3.05, 3.63) is 70.7 Å². The third kappa shape index (κ3) is 2.97. The Bertz CT molecular complexity index is 1090. The van der Waals surface area contributed by atoms with Gasteiger partial charge in [-0.15, -0.1) is 0 Å². The number of carbonyl (C=O) groups excluding carboxylic acids is 3. The zero-order chi connectivity index (χ0) is 19.8. The molecule has 6 nitrogen and oxygen atoms in total. The lowest BCUT2D eigenvalue weighted by Crippen LogP contribution is -2.44. The van der Waals surface area contributed by atoms with E-state index in [2.05, 4.69) is 5.32 Å². The summed E-state index contributed by atoms with van der Waals surface area (Å²) in [6.07, 6.45) is 0. The number of nitrogens with zero attached hydrogens (tertiary/aromatic N) is 1. The van der Waals surface area contributed by atoms with Crippen LogP contribution < -0.4 is 10.1 Å². The van der Waals surface area contributed by atoms with Gasteiger partial charge in [-0.2, -0.15) is 0 Å². The van der Waals surface area contributed by atoms with Crippen LogP contribution in [-0.2, 0) is 4.79 Å². The van der Waals surface area contributed by atoms with E-state index in [1.54, 1.807) is 36.4 Å². The van der Waals surface area contributed by atoms with Crippen LogP contribution in [-0.4, -0.2) is 36.3 Å². The molecule has 0 unspecified atom stereocenters. The van der Waals surface area contributed by atoms with E-state index >= 15 is 0 Å². The van der Waals surface area contributed by atoms with Gasteiger partial charge in [-0.05, 0) is 35.7 Å². The summed E-state index contributed by atoms with van der Waals surface area (Å²) in [4.78, 5) is 39.2. The van der Waals surface area contributed by atoms with Crippen LogP contribution >= 0.6 is 11.6 Å². The smallest absolute Gasteiger partial charge is 0.261 e. The van der Waals surface area contributed by atoms with Crippen molar-refractivity contribution in [2.75, 3.05) is 19.0 Å². The van der Waals surface area contributed by atoms with E-state index in [-0.39, 0.29) is 0 Å². The Labute approximate surface area is 165 Å². The van der Waals surface area contributed by atoms with Crippen LogP contribution in [0.5, 0.6) is 5.75 Å². The topological polar surface area (TPSA) is 75.7 Å². The van der Waals surface area contributed by atoms with Crippen molar-refractivity contribution < 1.29 is 19.1 Å². The molecular weight excluding hydrogens is 380 g/mol. The van der Waals surface area contributed by atoms with E-state index in [0.717, 1.165) is 10.3 Å². The second-order valence-electron chi connectivity index (χ2n) is 6.30. The van der Waals surface area contributed by atoms with Gasteiger partial charge in [-0.1, -0.05) is 35.9 Å². The highest BCUT2D eigenvalue weighted by Gasteiger charge is 2.33. The van der Waals surface area contributed by atoms with Gasteiger partial charge >= 0.3 is 0 Å². The van der Waals surface area contributed by atoms with Crippen molar-refractivity contribution in [3.63, 3.8) is 0 Å². The number of hydrogen-bond donors (Lipinski definition) is 1. The number of rotatable bonds is 4. The summed E-state index contributed by atoms with van der Waals surface area (Å²) in [7, 11) is 1.47. The summed E-state index contributed by atoms with van der Waals surface area (Å²) < 4.78 is 5.20. The van der Waals surface area contributed by atoms with Gasteiger partial charge in [0.15, 0.2) is 0 Å². The molecule has 0 aliphatic carbocycles. The molecule has 0 aromatic heterocycles. The van der Waals surface area contributed by atoms with Crippen molar-refractivity contribution >= 4 is 45.8 Å². The molecule has 1 aliphatic heterocycles. The Kier molecular flexibility index (Phi) is 4.49. The van der Waals surface area contributed by atoms with Crippen molar-refractivity contribution in [2.24, 2.45) is 0 Å². The summed E-state index contributed by atoms with van der Waals surface area (Å²) >= 11 is 5.97. The second-order valence-corrected chi connectivity index (χ2v) is 6.73. The van der Waals surface area contributed by atoms with Gasteiger partial charge in [0.2, 0.25) is 5.91 Å². The molecule has 3 aromatic rings. The third-order valence-electron chi connectivity index (χ3n) is 4.59. The predicted molar refractivity (Wildman–Crippen MR) is 106 cm³/mol. The van der Waals surface area contributed by atoms with E-state index in [1.807, 2.05) is 12.1 Å². The molecule has 0 fully saturated rings. The minimum atomic E-state index is -0.533. The lowest BCUT2D eigenvalue weighted by Gasteiger charge is -2.26. The maximum absolute atomic E-state index is 12.9. The van der Waals surface area contributed by atoms with Crippen LogP contribution in [0.3, 0.4) is 0 Å². The summed E-state index contributed by atoms with van der Waals surface area (Å²) in [5, 5.41) is 4.49. The molecule has 7 heteroatoms. The number of benzene rings is 3. The number of carbonyl (C=O) groups is 3. The number of halogens is 1. The fourth-order valence-corrected chi connectivity index (χ4v) is 3.51. The molecule has 0 saturated carbocycles. The average Bonchev–Trinajstić information content (AvgIpc) is 2.69. The second kappa shape index (κ2) is 6.98. The highest BCUT2D eigenvalue weighted by molar-refractivity contribution is 6.31. The van der Waals surface area contributed by atoms with Crippen LogP contribution in [0, 0.1) is 0 Å². The molecule has 0 radical (unpaired) electrons. The largest absolute Gasteiger partial charge is 0.495 e. The zero-order valence-corrected chi connectivity index (χ0v) is 15.6.